The lowest BCUT2D eigenvalue weighted by Crippen LogP contribution is -2.07. The van der Waals surface area contributed by atoms with Crippen LogP contribution in [-0.4, -0.2) is 15.2 Å². The molecule has 0 radical (unpaired) electrons. The van der Waals surface area contributed by atoms with Gasteiger partial charge in [0.2, 0.25) is 11.0 Å². The van der Waals surface area contributed by atoms with Crippen LogP contribution in [-0.2, 0) is 11.9 Å². The highest BCUT2D eigenvalue weighted by Gasteiger charge is 2.35. The molecule has 3 nitrogen and oxygen atoms in total. The number of alkyl halides is 3. The van der Waals surface area contributed by atoms with E-state index in [-0.39, 0.29) is 5.16 Å². The molecule has 0 saturated heterocycles. The first-order valence-electron chi connectivity index (χ1n) is 5.13. The number of rotatable bonds is 3. The number of aryl methyl sites for hydroxylation is 1. The fraction of sp³-hybridized carbons (Fsp3) is 0.273. The van der Waals surface area contributed by atoms with Crippen molar-refractivity contribution in [2.24, 2.45) is 0 Å². The summed E-state index contributed by atoms with van der Waals surface area (Å²) in [5.41, 5.74) is 2.14. The van der Waals surface area contributed by atoms with Gasteiger partial charge < -0.3 is 0 Å². The van der Waals surface area contributed by atoms with Crippen molar-refractivity contribution in [1.29, 1.82) is 0 Å². The second-order valence-corrected chi connectivity index (χ2v) is 4.68. The van der Waals surface area contributed by atoms with Crippen LogP contribution in [0.15, 0.2) is 29.4 Å². The van der Waals surface area contributed by atoms with Crippen LogP contribution in [0.3, 0.4) is 0 Å². The molecule has 0 fully saturated rings. The van der Waals surface area contributed by atoms with Gasteiger partial charge in [-0.3, -0.25) is 5.10 Å². The number of aromatic nitrogens is 3. The summed E-state index contributed by atoms with van der Waals surface area (Å²) in [7, 11) is 0. The van der Waals surface area contributed by atoms with Crippen molar-refractivity contribution in [2.45, 2.75) is 24.0 Å². The quantitative estimate of drug-likeness (QED) is 0.871. The fourth-order valence-corrected chi connectivity index (χ4v) is 2.13. The van der Waals surface area contributed by atoms with Crippen LogP contribution < -0.4 is 0 Å². The van der Waals surface area contributed by atoms with Gasteiger partial charge >= 0.3 is 6.18 Å². The largest absolute Gasteiger partial charge is 0.451 e. The number of aromatic amines is 1. The van der Waals surface area contributed by atoms with E-state index in [0.717, 1.165) is 11.1 Å². The Morgan fingerprint density at radius 1 is 1.33 bits per heavy atom. The molecule has 1 N–H and O–H groups in total. The zero-order valence-corrected chi connectivity index (χ0v) is 10.3. The van der Waals surface area contributed by atoms with Crippen LogP contribution in [0.5, 0.6) is 0 Å². The number of halogens is 3. The lowest BCUT2D eigenvalue weighted by atomic mass is 10.2. The molecule has 0 spiro atoms. The minimum atomic E-state index is -4.48. The average molecular weight is 273 g/mol. The summed E-state index contributed by atoms with van der Waals surface area (Å²) < 4.78 is 36.8. The van der Waals surface area contributed by atoms with Gasteiger partial charge in [0.1, 0.15) is 0 Å². The number of hydrogen-bond donors (Lipinski definition) is 1. The Kier molecular flexibility index (Phi) is 3.60. The van der Waals surface area contributed by atoms with Gasteiger partial charge in [-0.05, 0) is 12.5 Å². The summed E-state index contributed by atoms with van der Waals surface area (Å²) in [4.78, 5) is 3.39. The van der Waals surface area contributed by atoms with Gasteiger partial charge in [-0.1, -0.05) is 41.6 Å². The van der Waals surface area contributed by atoms with Crippen molar-refractivity contribution in [3.8, 4) is 0 Å². The van der Waals surface area contributed by atoms with Crippen LogP contribution >= 0.6 is 11.8 Å². The molecule has 0 aliphatic heterocycles. The zero-order valence-electron chi connectivity index (χ0n) is 9.45. The maximum absolute atomic E-state index is 12.3. The molecule has 1 aromatic heterocycles. The first kappa shape index (κ1) is 12.9. The van der Waals surface area contributed by atoms with E-state index in [4.69, 9.17) is 0 Å². The third kappa shape index (κ3) is 3.25. The standard InChI is InChI=1S/C11H10F3N3S/c1-7-3-2-4-8(5-7)6-18-10-15-9(16-17-10)11(12,13)14/h2-5H,6H2,1H3,(H,15,16,17). The second kappa shape index (κ2) is 5.01. The topological polar surface area (TPSA) is 41.6 Å². The van der Waals surface area contributed by atoms with Crippen LogP contribution in [0.2, 0.25) is 0 Å². The Morgan fingerprint density at radius 3 is 2.72 bits per heavy atom. The van der Waals surface area contributed by atoms with Crippen molar-refractivity contribution >= 4 is 11.8 Å². The van der Waals surface area contributed by atoms with Crippen molar-refractivity contribution in [3.05, 3.63) is 41.2 Å². The molecule has 2 aromatic rings. The zero-order chi connectivity index (χ0) is 13.2. The van der Waals surface area contributed by atoms with Crippen molar-refractivity contribution < 1.29 is 13.2 Å². The highest BCUT2D eigenvalue weighted by molar-refractivity contribution is 7.98. The van der Waals surface area contributed by atoms with E-state index in [9.17, 15) is 13.2 Å². The van der Waals surface area contributed by atoms with Crippen LogP contribution in [0.1, 0.15) is 17.0 Å². The fourth-order valence-electron chi connectivity index (χ4n) is 1.39. The van der Waals surface area contributed by atoms with Gasteiger partial charge in [0.25, 0.3) is 0 Å². The molecule has 0 saturated carbocycles. The predicted molar refractivity (Wildman–Crippen MR) is 62.1 cm³/mol. The Hall–Kier alpha value is -1.50. The van der Waals surface area contributed by atoms with E-state index in [1.807, 2.05) is 36.3 Å². The minimum absolute atomic E-state index is 0.101. The van der Waals surface area contributed by atoms with E-state index >= 15 is 0 Å². The maximum Gasteiger partial charge on any atom is 0.451 e. The normalized spacial score (nSPS) is 11.8. The molecule has 0 bridgehead atoms. The Balaban J connectivity index is 2.01. The third-order valence-corrected chi connectivity index (χ3v) is 3.10. The highest BCUT2D eigenvalue weighted by Crippen LogP contribution is 2.28. The summed E-state index contributed by atoms with van der Waals surface area (Å²) in [5, 5.41) is 5.51. The molecule has 96 valence electrons. The van der Waals surface area contributed by atoms with E-state index < -0.39 is 12.0 Å². The lowest BCUT2D eigenvalue weighted by molar-refractivity contribution is -0.144. The van der Waals surface area contributed by atoms with Crippen LogP contribution in [0.25, 0.3) is 0 Å². The first-order valence-corrected chi connectivity index (χ1v) is 6.11. The van der Waals surface area contributed by atoms with Crippen LogP contribution in [0, 0.1) is 6.92 Å². The number of nitrogens with one attached hydrogen (secondary N) is 1. The molecule has 18 heavy (non-hydrogen) atoms. The Labute approximate surface area is 106 Å². The van der Waals surface area contributed by atoms with E-state index in [1.165, 1.54) is 11.8 Å². The van der Waals surface area contributed by atoms with Gasteiger partial charge in [-0.2, -0.15) is 18.2 Å². The number of nitrogens with zero attached hydrogens (tertiary/aromatic N) is 2. The Bertz CT molecular complexity index is 536. The SMILES string of the molecule is Cc1cccc(CSc2n[nH]c(C(F)(F)F)n2)c1. The smallest absolute Gasteiger partial charge is 0.254 e. The highest BCUT2D eigenvalue weighted by atomic mass is 32.2. The van der Waals surface area contributed by atoms with Crippen molar-refractivity contribution in [2.75, 3.05) is 0 Å². The van der Waals surface area contributed by atoms with Crippen LogP contribution in [0.4, 0.5) is 13.2 Å². The average Bonchev–Trinajstić information content (AvgIpc) is 2.74. The number of benzene rings is 1. The first-order chi connectivity index (χ1) is 8.45. The number of hydrogen-bond acceptors (Lipinski definition) is 3. The van der Waals surface area contributed by atoms with Gasteiger partial charge in [-0.25, -0.2) is 0 Å². The number of thioether (sulfide) groups is 1. The summed E-state index contributed by atoms with van der Waals surface area (Å²) in [6, 6.07) is 7.76. The molecular formula is C11H10F3N3S. The molecule has 1 heterocycles. The van der Waals surface area contributed by atoms with E-state index in [0.29, 0.717) is 5.75 Å². The molecule has 0 aliphatic rings. The summed E-state index contributed by atoms with van der Waals surface area (Å²) in [5.74, 6) is -0.522. The number of H-pyrrole nitrogens is 1. The summed E-state index contributed by atoms with van der Waals surface area (Å²) >= 11 is 1.17. The van der Waals surface area contributed by atoms with Gasteiger partial charge in [0.15, 0.2) is 0 Å². The predicted octanol–water partition coefficient (Wildman–Crippen LogP) is 3.42. The summed E-state index contributed by atoms with van der Waals surface area (Å²) in [6.45, 7) is 1.96. The van der Waals surface area contributed by atoms with Gasteiger partial charge in [0, 0.05) is 5.75 Å². The van der Waals surface area contributed by atoms with E-state index in [2.05, 4.69) is 10.1 Å². The van der Waals surface area contributed by atoms with Gasteiger partial charge in [0.05, 0.1) is 0 Å². The summed E-state index contributed by atoms with van der Waals surface area (Å²) in [6.07, 6.45) is -4.48. The van der Waals surface area contributed by atoms with Gasteiger partial charge in [-0.15, -0.1) is 5.10 Å². The minimum Gasteiger partial charge on any atom is -0.254 e. The second-order valence-electron chi connectivity index (χ2n) is 3.74. The van der Waals surface area contributed by atoms with E-state index in [1.54, 1.807) is 0 Å². The Morgan fingerprint density at radius 2 is 2.11 bits per heavy atom. The molecule has 0 amide bonds. The molecule has 1 aromatic carbocycles. The van der Waals surface area contributed by atoms with Crippen molar-refractivity contribution in [3.63, 3.8) is 0 Å². The molecule has 2 rings (SSSR count). The molecule has 7 heteroatoms. The lowest BCUT2D eigenvalue weighted by Gasteiger charge is -2.00. The third-order valence-electron chi connectivity index (χ3n) is 2.18. The molecule has 0 atom stereocenters. The molecular weight excluding hydrogens is 263 g/mol. The maximum atomic E-state index is 12.3. The molecule has 0 unspecified atom stereocenters. The van der Waals surface area contributed by atoms with Crippen molar-refractivity contribution in [1.82, 2.24) is 15.2 Å². The molecule has 0 aliphatic carbocycles. The monoisotopic (exact) mass is 273 g/mol.